The highest BCUT2D eigenvalue weighted by Crippen LogP contribution is 2.10. The molecular weight excluding hydrogens is 250 g/mol. The first-order valence-electron chi connectivity index (χ1n) is 6.11. The molecule has 106 valence electrons. The van der Waals surface area contributed by atoms with E-state index in [1.165, 1.54) is 0 Å². The molecule has 0 aliphatic carbocycles. The van der Waals surface area contributed by atoms with Gasteiger partial charge in [-0.3, -0.25) is 9.59 Å². The number of likely N-dealkylation sites (N-methyl/N-ethyl adjacent to an activating group) is 1. The highest BCUT2D eigenvalue weighted by molar-refractivity contribution is 5.90. The fourth-order valence-corrected chi connectivity index (χ4v) is 1.64. The van der Waals surface area contributed by atoms with Gasteiger partial charge in [-0.25, -0.2) is 4.98 Å². The predicted molar refractivity (Wildman–Crippen MR) is 67.3 cm³/mol. The maximum absolute atomic E-state index is 11.7. The Hall–Kier alpha value is -1.89. The molecule has 0 saturated carbocycles. The first kappa shape index (κ1) is 15.2. The van der Waals surface area contributed by atoms with Crippen LogP contribution in [-0.2, 0) is 16.1 Å². The van der Waals surface area contributed by atoms with E-state index in [9.17, 15) is 9.59 Å². The van der Waals surface area contributed by atoms with E-state index in [2.05, 4.69) is 4.98 Å². The zero-order chi connectivity index (χ0) is 14.4. The summed E-state index contributed by atoms with van der Waals surface area (Å²) in [6.07, 6.45) is 0. The summed E-state index contributed by atoms with van der Waals surface area (Å²) in [4.78, 5) is 28.3. The van der Waals surface area contributed by atoms with Crippen molar-refractivity contribution in [3.63, 3.8) is 0 Å². The number of carbonyl (C=O) groups excluding carboxylic acids is 2. The summed E-state index contributed by atoms with van der Waals surface area (Å²) in [7, 11) is 0. The molecule has 0 aliphatic heterocycles. The topological polar surface area (TPSA) is 98.7 Å². The summed E-state index contributed by atoms with van der Waals surface area (Å²) in [6.45, 7) is 6.69. The third kappa shape index (κ3) is 4.06. The Morgan fingerprint density at radius 3 is 2.47 bits per heavy atom. The van der Waals surface area contributed by atoms with Crippen molar-refractivity contribution in [2.24, 2.45) is 5.73 Å². The second-order valence-electron chi connectivity index (χ2n) is 3.95. The first-order valence-corrected chi connectivity index (χ1v) is 6.11. The smallest absolute Gasteiger partial charge is 0.286 e. The van der Waals surface area contributed by atoms with Crippen LogP contribution in [0.3, 0.4) is 0 Å². The third-order valence-corrected chi connectivity index (χ3v) is 2.63. The normalized spacial score (nSPS) is 10.5. The molecule has 0 saturated heterocycles. The molecule has 0 aromatic carbocycles. The number of hydrogen-bond donors (Lipinski definition) is 1. The Morgan fingerprint density at radius 1 is 1.37 bits per heavy atom. The van der Waals surface area contributed by atoms with Crippen molar-refractivity contribution in [3.8, 4) is 0 Å². The van der Waals surface area contributed by atoms with Crippen LogP contribution in [0.2, 0.25) is 0 Å². The molecule has 0 spiro atoms. The summed E-state index contributed by atoms with van der Waals surface area (Å²) in [5.41, 5.74) is 5.52. The lowest BCUT2D eigenvalue weighted by atomic mass is 10.4. The van der Waals surface area contributed by atoms with E-state index in [1.807, 2.05) is 13.8 Å². The van der Waals surface area contributed by atoms with Crippen molar-refractivity contribution in [1.29, 1.82) is 0 Å². The minimum absolute atomic E-state index is 0.0219. The fraction of sp³-hybridized carbons (Fsp3) is 0.583. The van der Waals surface area contributed by atoms with Gasteiger partial charge in [-0.1, -0.05) is 0 Å². The van der Waals surface area contributed by atoms with Crippen molar-refractivity contribution in [3.05, 3.63) is 17.3 Å². The Kier molecular flexibility index (Phi) is 5.50. The van der Waals surface area contributed by atoms with Crippen LogP contribution in [0, 0.1) is 6.92 Å². The Labute approximate surface area is 111 Å². The second-order valence-corrected chi connectivity index (χ2v) is 3.95. The van der Waals surface area contributed by atoms with E-state index < -0.39 is 5.91 Å². The molecule has 2 amide bonds. The fourth-order valence-electron chi connectivity index (χ4n) is 1.64. The zero-order valence-corrected chi connectivity index (χ0v) is 11.4. The van der Waals surface area contributed by atoms with E-state index in [-0.39, 0.29) is 30.8 Å². The summed E-state index contributed by atoms with van der Waals surface area (Å²) in [5.74, 6) is -0.508. The van der Waals surface area contributed by atoms with Gasteiger partial charge in [0.1, 0.15) is 13.2 Å². The van der Waals surface area contributed by atoms with Gasteiger partial charge in [0, 0.05) is 13.1 Å². The van der Waals surface area contributed by atoms with Gasteiger partial charge in [-0.05, 0) is 20.8 Å². The average Bonchev–Trinajstić information content (AvgIpc) is 2.72. The number of rotatable bonds is 7. The maximum atomic E-state index is 11.7. The number of primary amides is 1. The minimum Gasteiger partial charge on any atom is -0.433 e. The monoisotopic (exact) mass is 269 g/mol. The van der Waals surface area contributed by atoms with E-state index in [0.717, 1.165) is 0 Å². The average molecular weight is 269 g/mol. The molecule has 0 unspecified atom stereocenters. The van der Waals surface area contributed by atoms with Gasteiger partial charge in [0.05, 0.1) is 5.69 Å². The highest BCUT2D eigenvalue weighted by atomic mass is 16.5. The molecule has 1 rings (SSSR count). The number of nitrogens with two attached hydrogens (primary N) is 1. The van der Waals surface area contributed by atoms with Crippen molar-refractivity contribution >= 4 is 11.8 Å². The summed E-state index contributed by atoms with van der Waals surface area (Å²) in [5, 5.41) is 0. The Balaban J connectivity index is 2.47. The molecule has 2 N–H and O–H groups in total. The molecule has 0 radical (unpaired) electrons. The predicted octanol–water partition coefficient (Wildman–Crippen LogP) is 0.467. The standard InChI is InChI=1S/C12H19N3O4/c1-4-15(5-2)10(16)7-18-6-9-14-8(3)11(19-9)12(13)17/h4-7H2,1-3H3,(H2,13,17). The molecule has 1 aromatic rings. The van der Waals surface area contributed by atoms with Crippen molar-refractivity contribution in [2.45, 2.75) is 27.4 Å². The third-order valence-electron chi connectivity index (χ3n) is 2.63. The molecule has 0 aliphatic rings. The van der Waals surface area contributed by atoms with Gasteiger partial charge >= 0.3 is 0 Å². The number of amides is 2. The van der Waals surface area contributed by atoms with E-state index >= 15 is 0 Å². The number of nitrogens with zero attached hydrogens (tertiary/aromatic N) is 2. The molecule has 1 heterocycles. The van der Waals surface area contributed by atoms with Gasteiger partial charge in [0.15, 0.2) is 0 Å². The first-order chi connectivity index (χ1) is 8.99. The van der Waals surface area contributed by atoms with Crippen LogP contribution < -0.4 is 5.73 Å². The Morgan fingerprint density at radius 2 is 2.00 bits per heavy atom. The molecule has 1 aromatic heterocycles. The Bertz CT molecular complexity index is 452. The lowest BCUT2D eigenvalue weighted by molar-refractivity contribution is -0.136. The van der Waals surface area contributed by atoms with Crippen LogP contribution in [0.1, 0.15) is 36.0 Å². The maximum Gasteiger partial charge on any atom is 0.286 e. The molecule has 19 heavy (non-hydrogen) atoms. The zero-order valence-electron chi connectivity index (χ0n) is 11.4. The lowest BCUT2D eigenvalue weighted by Crippen LogP contribution is -2.33. The van der Waals surface area contributed by atoms with E-state index in [4.69, 9.17) is 14.9 Å². The SMILES string of the molecule is CCN(CC)C(=O)COCc1nc(C)c(C(N)=O)o1. The van der Waals surface area contributed by atoms with E-state index in [0.29, 0.717) is 18.8 Å². The van der Waals surface area contributed by atoms with Crippen LogP contribution in [0.4, 0.5) is 0 Å². The van der Waals surface area contributed by atoms with Gasteiger partial charge < -0.3 is 19.8 Å². The van der Waals surface area contributed by atoms with E-state index in [1.54, 1.807) is 11.8 Å². The quantitative estimate of drug-likeness (QED) is 0.775. The summed E-state index contributed by atoms with van der Waals surface area (Å²) < 4.78 is 10.3. The molecule has 0 bridgehead atoms. The minimum atomic E-state index is -0.671. The number of ether oxygens (including phenoxy) is 1. The summed E-state index contributed by atoms with van der Waals surface area (Å²) >= 11 is 0. The van der Waals surface area contributed by atoms with Crippen molar-refractivity contribution in [2.75, 3.05) is 19.7 Å². The van der Waals surface area contributed by atoms with Crippen LogP contribution in [0.5, 0.6) is 0 Å². The number of oxazole rings is 1. The molecule has 7 nitrogen and oxygen atoms in total. The summed E-state index contributed by atoms with van der Waals surface area (Å²) in [6, 6.07) is 0. The molecule has 0 atom stereocenters. The van der Waals surface area contributed by atoms with Crippen LogP contribution in [0.25, 0.3) is 0 Å². The number of carbonyl (C=O) groups is 2. The number of hydrogen-bond acceptors (Lipinski definition) is 5. The molecule has 7 heteroatoms. The molecular formula is C12H19N3O4. The number of aromatic nitrogens is 1. The van der Waals surface area contributed by atoms with Gasteiger partial charge in [0.2, 0.25) is 17.6 Å². The highest BCUT2D eigenvalue weighted by Gasteiger charge is 2.15. The second kappa shape index (κ2) is 6.89. The van der Waals surface area contributed by atoms with Crippen LogP contribution >= 0.6 is 0 Å². The van der Waals surface area contributed by atoms with Crippen LogP contribution in [0.15, 0.2) is 4.42 Å². The van der Waals surface area contributed by atoms with Gasteiger partial charge in [-0.2, -0.15) is 0 Å². The van der Waals surface area contributed by atoms with Crippen molar-refractivity contribution < 1.29 is 18.7 Å². The van der Waals surface area contributed by atoms with Gasteiger partial charge in [0.25, 0.3) is 5.91 Å². The van der Waals surface area contributed by atoms with Crippen LogP contribution in [-0.4, -0.2) is 41.4 Å². The largest absolute Gasteiger partial charge is 0.433 e. The molecule has 0 fully saturated rings. The lowest BCUT2D eigenvalue weighted by Gasteiger charge is -2.17. The number of aryl methyl sites for hydroxylation is 1. The van der Waals surface area contributed by atoms with Gasteiger partial charge in [-0.15, -0.1) is 0 Å². The van der Waals surface area contributed by atoms with Crippen molar-refractivity contribution in [1.82, 2.24) is 9.88 Å².